The summed E-state index contributed by atoms with van der Waals surface area (Å²) in [5.41, 5.74) is 1.15. The molecule has 274 valence electrons. The zero-order valence-electron chi connectivity index (χ0n) is 31.5. The molecule has 4 unspecified atom stereocenters. The maximum absolute atomic E-state index is 12.7. The Labute approximate surface area is 294 Å². The molecular formula is C38H61BF2N4O4. The third-order valence-corrected chi connectivity index (χ3v) is 11.0. The van der Waals surface area contributed by atoms with Crippen LogP contribution in [0.2, 0.25) is 0 Å². The van der Waals surface area contributed by atoms with Crippen LogP contribution in [0.3, 0.4) is 0 Å². The van der Waals surface area contributed by atoms with Gasteiger partial charge in [0.2, 0.25) is 11.8 Å². The molecule has 1 N–H and O–H groups in total. The molecule has 2 amide bonds. The lowest BCUT2D eigenvalue weighted by atomic mass is 9.43. The van der Waals surface area contributed by atoms with E-state index in [1.807, 2.05) is 63.8 Å². The van der Waals surface area contributed by atoms with Gasteiger partial charge in [-0.3, -0.25) is 14.5 Å². The quantitative estimate of drug-likeness (QED) is 0.333. The fraction of sp³-hybridized carbons (Fsp3) is 0.763. The topological polar surface area (TPSA) is 94.9 Å². The van der Waals surface area contributed by atoms with Crippen molar-refractivity contribution in [2.45, 2.75) is 143 Å². The van der Waals surface area contributed by atoms with Crippen molar-refractivity contribution in [3.63, 3.8) is 0 Å². The minimum Gasteiger partial charge on any atom is -0.404 e. The van der Waals surface area contributed by atoms with Crippen LogP contribution in [0.4, 0.5) is 8.78 Å². The van der Waals surface area contributed by atoms with Crippen LogP contribution in [0.1, 0.15) is 113 Å². The Kier molecular flexibility index (Phi) is 14.3. The minimum atomic E-state index is -2.45. The first kappa shape index (κ1) is 40.9. The molecule has 3 saturated heterocycles. The lowest BCUT2D eigenvalue weighted by Gasteiger charge is -2.64. The van der Waals surface area contributed by atoms with Gasteiger partial charge in [0, 0.05) is 38.5 Å². The molecule has 6 fully saturated rings. The Morgan fingerprint density at radius 1 is 1.06 bits per heavy atom. The average molecular weight is 687 g/mol. The van der Waals surface area contributed by atoms with Gasteiger partial charge in [0.15, 0.2) is 0 Å². The van der Waals surface area contributed by atoms with Crippen molar-refractivity contribution in [1.82, 2.24) is 15.1 Å². The predicted octanol–water partition coefficient (Wildman–Crippen LogP) is 7.07. The second-order valence-corrected chi connectivity index (χ2v) is 15.8. The van der Waals surface area contributed by atoms with Crippen molar-refractivity contribution in [1.29, 1.82) is 5.26 Å². The van der Waals surface area contributed by atoms with E-state index in [4.69, 9.17) is 14.6 Å². The van der Waals surface area contributed by atoms with E-state index in [0.717, 1.165) is 38.3 Å². The van der Waals surface area contributed by atoms with Gasteiger partial charge in [-0.15, -0.1) is 0 Å². The van der Waals surface area contributed by atoms with E-state index in [2.05, 4.69) is 38.2 Å². The largest absolute Gasteiger partial charge is 0.482 e. The number of benzene rings is 1. The lowest BCUT2D eigenvalue weighted by Crippen LogP contribution is -2.65. The molecule has 6 aliphatic rings. The van der Waals surface area contributed by atoms with Crippen molar-refractivity contribution < 1.29 is 27.7 Å². The fourth-order valence-corrected chi connectivity index (χ4v) is 8.05. The summed E-state index contributed by atoms with van der Waals surface area (Å²) in [7, 11) is -0.380. The summed E-state index contributed by atoms with van der Waals surface area (Å²) in [6, 6.07) is 12.1. The number of rotatable bonds is 5. The number of carbonyl (C=O) groups is 2. The van der Waals surface area contributed by atoms with Crippen LogP contribution in [0, 0.1) is 28.6 Å². The minimum absolute atomic E-state index is 0.00722. The Balaban J connectivity index is 0.000000225. The van der Waals surface area contributed by atoms with Crippen molar-refractivity contribution in [3.8, 4) is 6.07 Å². The molecule has 3 aliphatic carbocycles. The SMILES string of the molecule is CC.CC(=O)NC(Cc1ccccc1)B1OC2CC3CC(C3(C)C)[C@]2(C)O1.CC(C)(C)N1CCC(F)(F)C1.N#CCC(=O)N1CCCCC1. The molecule has 2 bridgehead atoms. The van der Waals surface area contributed by atoms with E-state index in [1.165, 1.54) is 18.4 Å². The summed E-state index contributed by atoms with van der Waals surface area (Å²) in [5, 5.41) is 11.3. The summed E-state index contributed by atoms with van der Waals surface area (Å²) < 4.78 is 38.3. The number of hydrogen-bond donors (Lipinski definition) is 1. The third-order valence-electron chi connectivity index (χ3n) is 11.0. The number of nitrogens with one attached hydrogen (secondary N) is 1. The van der Waals surface area contributed by atoms with Gasteiger partial charge in [-0.25, -0.2) is 8.78 Å². The van der Waals surface area contributed by atoms with Crippen LogP contribution in [0.25, 0.3) is 0 Å². The molecule has 0 spiro atoms. The van der Waals surface area contributed by atoms with Crippen LogP contribution in [-0.2, 0) is 25.3 Å². The van der Waals surface area contributed by atoms with E-state index in [-0.39, 0.29) is 61.5 Å². The van der Waals surface area contributed by atoms with Gasteiger partial charge < -0.3 is 19.5 Å². The van der Waals surface area contributed by atoms with E-state index in [1.54, 1.807) is 11.8 Å². The number of amides is 2. The van der Waals surface area contributed by atoms with Gasteiger partial charge in [0.05, 0.1) is 30.3 Å². The highest BCUT2D eigenvalue weighted by atomic mass is 19.3. The number of likely N-dealkylation sites (tertiary alicyclic amines) is 2. The van der Waals surface area contributed by atoms with Gasteiger partial charge in [-0.1, -0.05) is 58.0 Å². The van der Waals surface area contributed by atoms with Crippen LogP contribution >= 0.6 is 0 Å². The van der Waals surface area contributed by atoms with Crippen molar-refractivity contribution >= 4 is 18.9 Å². The fourth-order valence-electron chi connectivity index (χ4n) is 8.05. The van der Waals surface area contributed by atoms with E-state index in [0.29, 0.717) is 24.3 Å². The zero-order chi connectivity index (χ0) is 36.6. The van der Waals surface area contributed by atoms with E-state index < -0.39 is 5.92 Å². The second-order valence-electron chi connectivity index (χ2n) is 15.8. The first-order valence-corrected chi connectivity index (χ1v) is 18.4. The number of alkyl halides is 2. The van der Waals surface area contributed by atoms with Gasteiger partial charge in [-0.05, 0) is 89.0 Å². The van der Waals surface area contributed by atoms with Crippen LogP contribution < -0.4 is 5.32 Å². The third kappa shape index (κ3) is 10.5. The summed E-state index contributed by atoms with van der Waals surface area (Å²) in [5.74, 6) is -1.41. The molecule has 1 aromatic rings. The smallest absolute Gasteiger partial charge is 0.404 e. The predicted molar refractivity (Wildman–Crippen MR) is 191 cm³/mol. The number of nitrogens with zero attached hydrogens (tertiary/aromatic N) is 3. The summed E-state index contributed by atoms with van der Waals surface area (Å²) >= 11 is 0. The molecule has 8 nitrogen and oxygen atoms in total. The van der Waals surface area contributed by atoms with Crippen molar-refractivity contribution in [3.05, 3.63) is 35.9 Å². The maximum atomic E-state index is 12.7. The Morgan fingerprint density at radius 2 is 1.69 bits per heavy atom. The highest BCUT2D eigenvalue weighted by molar-refractivity contribution is 6.48. The molecule has 1 aromatic carbocycles. The van der Waals surface area contributed by atoms with Crippen LogP contribution in [0.15, 0.2) is 30.3 Å². The maximum Gasteiger partial charge on any atom is 0.482 e. The number of hydrogen-bond acceptors (Lipinski definition) is 6. The van der Waals surface area contributed by atoms with Gasteiger partial charge in [0.1, 0.15) is 6.42 Å². The second kappa shape index (κ2) is 17.1. The van der Waals surface area contributed by atoms with E-state index >= 15 is 0 Å². The molecule has 5 atom stereocenters. The molecule has 3 aliphatic heterocycles. The lowest BCUT2D eigenvalue weighted by molar-refractivity contribution is -0.199. The summed E-state index contributed by atoms with van der Waals surface area (Å²) in [6.45, 7) is 20.5. The molecule has 3 heterocycles. The number of nitriles is 1. The molecule has 0 aromatic heterocycles. The molecule has 3 saturated carbocycles. The average Bonchev–Trinajstić information content (AvgIpc) is 3.62. The number of piperidine rings is 1. The molecule has 7 rings (SSSR count). The van der Waals surface area contributed by atoms with Gasteiger partial charge >= 0.3 is 7.12 Å². The molecule has 49 heavy (non-hydrogen) atoms. The van der Waals surface area contributed by atoms with Crippen molar-refractivity contribution in [2.75, 3.05) is 26.2 Å². The van der Waals surface area contributed by atoms with Gasteiger partial charge in [0.25, 0.3) is 5.92 Å². The van der Waals surface area contributed by atoms with Crippen molar-refractivity contribution in [2.24, 2.45) is 17.3 Å². The normalized spacial score (nSPS) is 28.4. The highest BCUT2D eigenvalue weighted by Gasteiger charge is 2.68. The Bertz CT molecular complexity index is 1260. The highest BCUT2D eigenvalue weighted by Crippen LogP contribution is 2.65. The Morgan fingerprint density at radius 3 is 2.18 bits per heavy atom. The first-order chi connectivity index (χ1) is 23.0. The monoisotopic (exact) mass is 686 g/mol. The van der Waals surface area contributed by atoms with Gasteiger partial charge in [-0.2, -0.15) is 5.26 Å². The van der Waals surface area contributed by atoms with Crippen LogP contribution in [0.5, 0.6) is 0 Å². The number of carbonyl (C=O) groups excluding carboxylic acids is 2. The standard InChI is InChI=1S/C20H28BNO3.C8H15F2N.C8H12N2O.C2H6/c1-13(23)22-18(10-14-8-6-5-7-9-14)21-24-17-12-15-11-16(19(15,2)3)20(17,4)25-21;1-7(2,3)11-5-4-8(9,10)6-11;9-5-4-8(11)10-6-2-1-3-7-10;1-2/h5-9,15-18H,10-12H2,1-4H3,(H,22,23);4-6H2,1-3H3;1-4,6-7H2;1-2H3/t15?,16?,17?,18?,20-;;;/m0.../s1. The molecular weight excluding hydrogens is 625 g/mol. The van der Waals surface area contributed by atoms with E-state index in [9.17, 15) is 18.4 Å². The molecule has 11 heteroatoms. The Hall–Kier alpha value is -2.55. The summed E-state index contributed by atoms with van der Waals surface area (Å²) in [6.07, 6.45) is 6.62. The molecule has 0 radical (unpaired) electrons. The van der Waals surface area contributed by atoms with Crippen LogP contribution in [-0.4, -0.2) is 84.0 Å². The number of halogens is 2. The first-order valence-electron chi connectivity index (χ1n) is 18.4. The summed E-state index contributed by atoms with van der Waals surface area (Å²) in [4.78, 5) is 26.5. The zero-order valence-corrected chi connectivity index (χ0v) is 31.5.